The van der Waals surface area contributed by atoms with Gasteiger partial charge in [0.15, 0.2) is 0 Å². The predicted molar refractivity (Wildman–Crippen MR) is 95.6 cm³/mol. The number of hydrogen-bond acceptors (Lipinski definition) is 3. The predicted octanol–water partition coefficient (Wildman–Crippen LogP) is 1.82. The molecule has 0 bridgehead atoms. The smallest absolute Gasteiger partial charge is 0.234 e. The first-order chi connectivity index (χ1) is 11.9. The number of benzene rings is 1. The summed E-state index contributed by atoms with van der Waals surface area (Å²) in [6.07, 6.45) is 3.65. The largest absolute Gasteiger partial charge is 0.352 e. The Labute approximate surface area is 149 Å². The number of likely N-dealkylation sites (N-methyl/N-ethyl adjacent to an activating group) is 1. The van der Waals surface area contributed by atoms with Gasteiger partial charge in [-0.15, -0.1) is 0 Å². The molecule has 25 heavy (non-hydrogen) atoms. The summed E-state index contributed by atoms with van der Waals surface area (Å²) in [5, 5.41) is 3.06. The number of carbonyl (C=O) groups excluding carboxylic acids is 2. The second kappa shape index (κ2) is 9.51. The number of nitrogens with zero attached hydrogens (tertiary/aromatic N) is 2. The molecule has 1 saturated heterocycles. The van der Waals surface area contributed by atoms with E-state index < -0.39 is 0 Å². The average molecular weight is 349 g/mol. The zero-order valence-electron chi connectivity index (χ0n) is 15.1. The van der Waals surface area contributed by atoms with Crippen LogP contribution in [0.25, 0.3) is 0 Å². The van der Waals surface area contributed by atoms with Gasteiger partial charge in [0.25, 0.3) is 0 Å². The lowest BCUT2D eigenvalue weighted by Gasteiger charge is -2.21. The van der Waals surface area contributed by atoms with Gasteiger partial charge in [-0.05, 0) is 57.5 Å². The second-order valence-corrected chi connectivity index (χ2v) is 6.94. The molecule has 1 aliphatic heterocycles. The van der Waals surface area contributed by atoms with Gasteiger partial charge in [-0.1, -0.05) is 12.1 Å². The van der Waals surface area contributed by atoms with E-state index in [1.807, 2.05) is 23.9 Å². The van der Waals surface area contributed by atoms with Crippen LogP contribution >= 0.6 is 0 Å². The lowest BCUT2D eigenvalue weighted by atomic mass is 10.1. The van der Waals surface area contributed by atoms with E-state index in [0.29, 0.717) is 25.9 Å². The van der Waals surface area contributed by atoms with Crippen LogP contribution in [0.1, 0.15) is 31.2 Å². The Hall–Kier alpha value is -1.95. The van der Waals surface area contributed by atoms with Crippen molar-refractivity contribution >= 4 is 11.8 Å². The van der Waals surface area contributed by atoms with Crippen molar-refractivity contribution in [2.45, 2.75) is 38.1 Å². The molecule has 1 aromatic carbocycles. The molecule has 2 amide bonds. The summed E-state index contributed by atoms with van der Waals surface area (Å²) in [6.45, 7) is 1.80. The SMILES string of the molecule is CN(C)CC(=O)N[C@H]1CCCN(C(=O)CCc2ccc(F)cc2)CC1. The van der Waals surface area contributed by atoms with E-state index in [0.717, 1.165) is 31.4 Å². The Morgan fingerprint density at radius 1 is 1.20 bits per heavy atom. The molecule has 0 aliphatic carbocycles. The van der Waals surface area contributed by atoms with Crippen molar-refractivity contribution < 1.29 is 14.0 Å². The molecule has 2 rings (SSSR count). The molecule has 0 saturated carbocycles. The summed E-state index contributed by atoms with van der Waals surface area (Å²) in [5.41, 5.74) is 0.971. The second-order valence-electron chi connectivity index (χ2n) is 6.94. The Balaban J connectivity index is 1.76. The fourth-order valence-corrected chi connectivity index (χ4v) is 3.11. The molecule has 6 heteroatoms. The third kappa shape index (κ3) is 6.82. The quantitative estimate of drug-likeness (QED) is 0.852. The monoisotopic (exact) mass is 349 g/mol. The maximum Gasteiger partial charge on any atom is 0.234 e. The average Bonchev–Trinajstić information content (AvgIpc) is 2.79. The summed E-state index contributed by atoms with van der Waals surface area (Å²) in [6, 6.07) is 6.43. The Morgan fingerprint density at radius 3 is 2.60 bits per heavy atom. The van der Waals surface area contributed by atoms with E-state index in [2.05, 4.69) is 5.32 Å². The molecule has 1 atom stereocenters. The first kappa shape index (κ1) is 19.4. The van der Waals surface area contributed by atoms with E-state index in [-0.39, 0.29) is 23.7 Å². The van der Waals surface area contributed by atoms with E-state index in [1.54, 1.807) is 12.1 Å². The van der Waals surface area contributed by atoms with Crippen LogP contribution < -0.4 is 5.32 Å². The van der Waals surface area contributed by atoms with Gasteiger partial charge in [-0.3, -0.25) is 9.59 Å². The molecule has 0 radical (unpaired) electrons. The van der Waals surface area contributed by atoms with Crippen molar-refractivity contribution in [3.05, 3.63) is 35.6 Å². The number of amides is 2. The number of likely N-dealkylation sites (tertiary alicyclic amines) is 1. The van der Waals surface area contributed by atoms with Gasteiger partial charge in [-0.2, -0.15) is 0 Å². The van der Waals surface area contributed by atoms with Crippen LogP contribution in [0.15, 0.2) is 24.3 Å². The van der Waals surface area contributed by atoms with Crippen molar-refractivity contribution in [3.63, 3.8) is 0 Å². The van der Waals surface area contributed by atoms with Crippen LogP contribution in [0.2, 0.25) is 0 Å². The molecule has 1 fully saturated rings. The van der Waals surface area contributed by atoms with Crippen molar-refractivity contribution in [1.82, 2.24) is 15.1 Å². The highest BCUT2D eigenvalue weighted by molar-refractivity contribution is 5.78. The summed E-state index contributed by atoms with van der Waals surface area (Å²) in [4.78, 5) is 28.0. The van der Waals surface area contributed by atoms with Crippen LogP contribution in [0.3, 0.4) is 0 Å². The standard InChI is InChI=1S/C19H28FN3O2/c1-22(2)14-18(24)21-17-4-3-12-23(13-11-17)19(25)10-7-15-5-8-16(20)9-6-15/h5-6,8-9,17H,3-4,7,10-14H2,1-2H3,(H,21,24)/t17-/m0/s1. The molecule has 1 heterocycles. The zero-order valence-corrected chi connectivity index (χ0v) is 15.1. The molecule has 0 unspecified atom stereocenters. The molecule has 0 spiro atoms. The molecule has 5 nitrogen and oxygen atoms in total. The molecule has 0 aromatic heterocycles. The van der Waals surface area contributed by atoms with E-state index >= 15 is 0 Å². The number of rotatable bonds is 6. The maximum atomic E-state index is 12.9. The van der Waals surface area contributed by atoms with Gasteiger partial charge in [0, 0.05) is 25.6 Å². The van der Waals surface area contributed by atoms with Crippen molar-refractivity contribution in [2.75, 3.05) is 33.7 Å². The van der Waals surface area contributed by atoms with Crippen molar-refractivity contribution in [3.8, 4) is 0 Å². The molecule has 1 aromatic rings. The highest BCUT2D eigenvalue weighted by atomic mass is 19.1. The van der Waals surface area contributed by atoms with Crippen molar-refractivity contribution in [2.24, 2.45) is 0 Å². The minimum Gasteiger partial charge on any atom is -0.352 e. The van der Waals surface area contributed by atoms with Gasteiger partial charge in [0.1, 0.15) is 5.82 Å². The first-order valence-corrected chi connectivity index (χ1v) is 8.90. The van der Waals surface area contributed by atoms with Crippen LogP contribution in [0.5, 0.6) is 0 Å². The highest BCUT2D eigenvalue weighted by Gasteiger charge is 2.21. The Bertz CT molecular complexity index is 575. The van der Waals surface area contributed by atoms with Crippen LogP contribution in [0, 0.1) is 5.82 Å². The van der Waals surface area contributed by atoms with E-state index in [4.69, 9.17) is 0 Å². The lowest BCUT2D eigenvalue weighted by molar-refractivity contribution is -0.131. The number of hydrogen-bond donors (Lipinski definition) is 1. The molecular formula is C19H28FN3O2. The number of carbonyl (C=O) groups is 2. The van der Waals surface area contributed by atoms with E-state index in [1.165, 1.54) is 12.1 Å². The molecule has 1 N–H and O–H groups in total. The number of aryl methyl sites for hydroxylation is 1. The molecule has 1 aliphatic rings. The van der Waals surface area contributed by atoms with Gasteiger partial charge in [-0.25, -0.2) is 4.39 Å². The normalized spacial score (nSPS) is 18.1. The fourth-order valence-electron chi connectivity index (χ4n) is 3.11. The fraction of sp³-hybridized carbons (Fsp3) is 0.579. The van der Waals surface area contributed by atoms with Gasteiger partial charge >= 0.3 is 0 Å². The molecular weight excluding hydrogens is 321 g/mol. The summed E-state index contributed by atoms with van der Waals surface area (Å²) in [7, 11) is 3.74. The Morgan fingerprint density at radius 2 is 1.92 bits per heavy atom. The third-order valence-electron chi connectivity index (χ3n) is 4.45. The lowest BCUT2D eigenvalue weighted by Crippen LogP contribution is -2.40. The summed E-state index contributed by atoms with van der Waals surface area (Å²) >= 11 is 0. The summed E-state index contributed by atoms with van der Waals surface area (Å²) < 4.78 is 12.9. The minimum atomic E-state index is -0.259. The van der Waals surface area contributed by atoms with Crippen LogP contribution in [-0.4, -0.2) is 61.4 Å². The molecule has 138 valence electrons. The van der Waals surface area contributed by atoms with Gasteiger partial charge in [0.05, 0.1) is 6.54 Å². The van der Waals surface area contributed by atoms with Crippen molar-refractivity contribution in [1.29, 1.82) is 0 Å². The van der Waals surface area contributed by atoms with Gasteiger partial charge in [0.2, 0.25) is 11.8 Å². The zero-order chi connectivity index (χ0) is 18.2. The maximum absolute atomic E-state index is 12.9. The summed E-state index contributed by atoms with van der Waals surface area (Å²) in [5.74, 6) is -0.0966. The third-order valence-corrected chi connectivity index (χ3v) is 4.45. The van der Waals surface area contributed by atoms with E-state index in [9.17, 15) is 14.0 Å². The number of halogens is 1. The van der Waals surface area contributed by atoms with Crippen LogP contribution in [0.4, 0.5) is 4.39 Å². The van der Waals surface area contributed by atoms with Gasteiger partial charge < -0.3 is 15.1 Å². The Kier molecular flexibility index (Phi) is 7.37. The van der Waals surface area contributed by atoms with Crippen LogP contribution in [-0.2, 0) is 16.0 Å². The topological polar surface area (TPSA) is 52.7 Å². The first-order valence-electron chi connectivity index (χ1n) is 8.90. The highest BCUT2D eigenvalue weighted by Crippen LogP contribution is 2.13. The minimum absolute atomic E-state index is 0.0334. The number of nitrogens with one attached hydrogen (secondary N) is 1.